The number of H-pyrrole nitrogens is 1. The zero-order chi connectivity index (χ0) is 12.4. The first-order valence-electron chi connectivity index (χ1n) is 4.98. The van der Waals surface area contributed by atoms with Gasteiger partial charge in [0.2, 0.25) is 0 Å². The van der Waals surface area contributed by atoms with E-state index < -0.39 is 5.97 Å². The average molecular weight is 296 g/mol. The molecule has 1 N–H and O–H groups in total. The number of esters is 1. The molecule has 4 nitrogen and oxygen atoms in total. The maximum Gasteiger partial charge on any atom is 0.310 e. The number of hydrogen-bond donors (Lipinski definition) is 1. The number of aromatic amines is 1. The van der Waals surface area contributed by atoms with E-state index in [0.717, 1.165) is 15.4 Å². The predicted molar refractivity (Wildman–Crippen MR) is 68.0 cm³/mol. The molecule has 0 unspecified atom stereocenters. The highest BCUT2D eigenvalue weighted by Crippen LogP contribution is 2.17. The Labute approximate surface area is 106 Å². The Kier molecular flexibility index (Phi) is 3.28. The number of methoxy groups -OCH3 is 1. The molecular formula is C12H10BrNO3. The maximum absolute atomic E-state index is 11.7. The molecule has 0 aliphatic carbocycles. The van der Waals surface area contributed by atoms with Gasteiger partial charge in [0.05, 0.1) is 13.5 Å². The van der Waals surface area contributed by atoms with E-state index in [0.29, 0.717) is 5.56 Å². The van der Waals surface area contributed by atoms with Crippen molar-refractivity contribution in [2.45, 2.75) is 6.42 Å². The Morgan fingerprint density at radius 3 is 2.88 bits per heavy atom. The van der Waals surface area contributed by atoms with Crippen molar-refractivity contribution in [1.29, 1.82) is 0 Å². The summed E-state index contributed by atoms with van der Waals surface area (Å²) in [6.07, 6.45) is -0.0160. The van der Waals surface area contributed by atoms with Gasteiger partial charge in [-0.25, -0.2) is 0 Å². The smallest absolute Gasteiger partial charge is 0.310 e. The highest BCUT2D eigenvalue weighted by Gasteiger charge is 2.08. The van der Waals surface area contributed by atoms with Gasteiger partial charge in [0, 0.05) is 15.6 Å². The Hall–Kier alpha value is -1.62. The second-order valence-corrected chi connectivity index (χ2v) is 4.52. The van der Waals surface area contributed by atoms with Crippen LogP contribution in [-0.2, 0) is 16.0 Å². The first-order chi connectivity index (χ1) is 8.10. The summed E-state index contributed by atoms with van der Waals surface area (Å²) < 4.78 is 5.43. The highest BCUT2D eigenvalue weighted by atomic mass is 79.9. The number of carbonyl (C=O) groups is 1. The van der Waals surface area contributed by atoms with Crippen LogP contribution >= 0.6 is 15.9 Å². The summed E-state index contributed by atoms with van der Waals surface area (Å²) in [4.78, 5) is 25.6. The van der Waals surface area contributed by atoms with E-state index in [2.05, 4.69) is 25.7 Å². The van der Waals surface area contributed by atoms with Crippen molar-refractivity contribution in [3.63, 3.8) is 0 Å². The van der Waals surface area contributed by atoms with E-state index in [1.165, 1.54) is 7.11 Å². The molecule has 0 amide bonds. The van der Waals surface area contributed by atoms with E-state index in [1.54, 1.807) is 6.07 Å². The summed E-state index contributed by atoms with van der Waals surface area (Å²) in [6.45, 7) is 0. The first kappa shape index (κ1) is 11.9. The zero-order valence-electron chi connectivity index (χ0n) is 9.12. The van der Waals surface area contributed by atoms with Crippen molar-refractivity contribution in [3.8, 4) is 0 Å². The van der Waals surface area contributed by atoms with Gasteiger partial charge < -0.3 is 9.72 Å². The molecule has 1 heterocycles. The van der Waals surface area contributed by atoms with E-state index in [1.807, 2.05) is 18.2 Å². The summed E-state index contributed by atoms with van der Waals surface area (Å²) in [7, 11) is 1.30. The van der Waals surface area contributed by atoms with Crippen LogP contribution in [0.2, 0.25) is 0 Å². The molecule has 0 atom stereocenters. The lowest BCUT2D eigenvalue weighted by Crippen LogP contribution is -2.17. The Bertz CT molecular complexity index is 633. The summed E-state index contributed by atoms with van der Waals surface area (Å²) >= 11 is 3.33. The fourth-order valence-corrected chi connectivity index (χ4v) is 1.94. The molecule has 0 aliphatic heterocycles. The fraction of sp³-hybridized carbons (Fsp3) is 0.167. The number of fused-ring (bicyclic) bond motifs is 1. The van der Waals surface area contributed by atoms with E-state index in [-0.39, 0.29) is 12.0 Å². The molecule has 1 aromatic heterocycles. The van der Waals surface area contributed by atoms with E-state index in [9.17, 15) is 9.59 Å². The van der Waals surface area contributed by atoms with Crippen LogP contribution in [0.1, 0.15) is 5.56 Å². The highest BCUT2D eigenvalue weighted by molar-refractivity contribution is 9.10. The van der Waals surface area contributed by atoms with Crippen LogP contribution in [0.3, 0.4) is 0 Å². The SMILES string of the molecule is COC(=O)Cc1cc2ccc(Br)cc2[nH]c1=O. The van der Waals surface area contributed by atoms with Crippen LogP contribution < -0.4 is 5.56 Å². The molecular weight excluding hydrogens is 286 g/mol. The maximum atomic E-state index is 11.7. The minimum absolute atomic E-state index is 0.0160. The summed E-state index contributed by atoms with van der Waals surface area (Å²) in [6, 6.07) is 7.27. The number of aromatic nitrogens is 1. The first-order valence-corrected chi connectivity index (χ1v) is 5.78. The van der Waals surface area contributed by atoms with Gasteiger partial charge in [-0.15, -0.1) is 0 Å². The van der Waals surface area contributed by atoms with Gasteiger partial charge in [-0.3, -0.25) is 9.59 Å². The lowest BCUT2D eigenvalue weighted by atomic mass is 10.1. The van der Waals surface area contributed by atoms with Gasteiger partial charge in [-0.2, -0.15) is 0 Å². The molecule has 0 fully saturated rings. The zero-order valence-corrected chi connectivity index (χ0v) is 10.7. The predicted octanol–water partition coefficient (Wildman–Crippen LogP) is 2.01. The van der Waals surface area contributed by atoms with Crippen LogP contribution in [0.5, 0.6) is 0 Å². The number of nitrogens with one attached hydrogen (secondary N) is 1. The average Bonchev–Trinajstić information content (AvgIpc) is 2.30. The third-order valence-corrected chi connectivity index (χ3v) is 2.94. The number of halogens is 1. The third-order valence-electron chi connectivity index (χ3n) is 2.45. The fourth-order valence-electron chi connectivity index (χ4n) is 1.58. The van der Waals surface area contributed by atoms with Crippen molar-refractivity contribution >= 4 is 32.8 Å². The van der Waals surface area contributed by atoms with Crippen molar-refractivity contribution in [1.82, 2.24) is 4.98 Å². The summed E-state index contributed by atoms with van der Waals surface area (Å²) in [5.74, 6) is -0.424. The van der Waals surface area contributed by atoms with Crippen molar-refractivity contribution in [2.24, 2.45) is 0 Å². The number of hydrogen-bond acceptors (Lipinski definition) is 3. The van der Waals surface area contributed by atoms with Gasteiger partial charge in [0.1, 0.15) is 0 Å². The van der Waals surface area contributed by atoms with Crippen LogP contribution in [0.25, 0.3) is 10.9 Å². The van der Waals surface area contributed by atoms with Gasteiger partial charge in [0.15, 0.2) is 0 Å². The molecule has 2 rings (SSSR count). The standard InChI is InChI=1S/C12H10BrNO3/c1-17-11(15)5-8-4-7-2-3-9(13)6-10(7)14-12(8)16/h2-4,6H,5H2,1H3,(H,14,16). The molecule has 0 spiro atoms. The Morgan fingerprint density at radius 1 is 1.41 bits per heavy atom. The molecule has 5 heteroatoms. The summed E-state index contributed by atoms with van der Waals surface area (Å²) in [5.41, 5.74) is 0.880. The monoisotopic (exact) mass is 295 g/mol. The van der Waals surface area contributed by atoms with Crippen LogP contribution in [0.15, 0.2) is 33.5 Å². The summed E-state index contributed by atoms with van der Waals surface area (Å²) in [5, 5.41) is 0.881. The van der Waals surface area contributed by atoms with Crippen LogP contribution in [0, 0.1) is 0 Å². The molecule has 2 aromatic rings. The minimum Gasteiger partial charge on any atom is -0.469 e. The van der Waals surface area contributed by atoms with Crippen LogP contribution in [0.4, 0.5) is 0 Å². The van der Waals surface area contributed by atoms with Crippen molar-refractivity contribution in [2.75, 3.05) is 7.11 Å². The van der Waals surface area contributed by atoms with E-state index >= 15 is 0 Å². The second kappa shape index (κ2) is 4.71. The Morgan fingerprint density at radius 2 is 2.18 bits per heavy atom. The second-order valence-electron chi connectivity index (χ2n) is 3.61. The molecule has 17 heavy (non-hydrogen) atoms. The van der Waals surface area contributed by atoms with Gasteiger partial charge in [-0.1, -0.05) is 22.0 Å². The number of rotatable bonds is 2. The molecule has 1 aromatic carbocycles. The van der Waals surface area contributed by atoms with Crippen molar-refractivity contribution < 1.29 is 9.53 Å². The molecule has 0 radical (unpaired) electrons. The molecule has 0 aliphatic rings. The van der Waals surface area contributed by atoms with Gasteiger partial charge in [-0.05, 0) is 23.6 Å². The largest absolute Gasteiger partial charge is 0.469 e. The van der Waals surface area contributed by atoms with Crippen molar-refractivity contribution in [3.05, 3.63) is 44.7 Å². The third kappa shape index (κ3) is 2.55. The van der Waals surface area contributed by atoms with E-state index in [4.69, 9.17) is 0 Å². The number of pyridine rings is 1. The normalized spacial score (nSPS) is 10.5. The topological polar surface area (TPSA) is 59.2 Å². The minimum atomic E-state index is -0.424. The molecule has 0 saturated carbocycles. The molecule has 0 bridgehead atoms. The lowest BCUT2D eigenvalue weighted by molar-refractivity contribution is -0.139. The molecule has 0 saturated heterocycles. The van der Waals surface area contributed by atoms with Crippen LogP contribution in [-0.4, -0.2) is 18.1 Å². The number of carbonyl (C=O) groups excluding carboxylic acids is 1. The van der Waals surface area contributed by atoms with Gasteiger partial charge >= 0.3 is 5.97 Å². The number of benzene rings is 1. The van der Waals surface area contributed by atoms with Gasteiger partial charge in [0.25, 0.3) is 5.56 Å². The Balaban J connectivity index is 2.52. The molecule has 88 valence electrons. The quantitative estimate of drug-likeness (QED) is 0.862. The lowest BCUT2D eigenvalue weighted by Gasteiger charge is -2.03. The number of ether oxygens (including phenoxy) is 1.